The van der Waals surface area contributed by atoms with Gasteiger partial charge >= 0.3 is 0 Å². The largest absolute Gasteiger partial charge is 0.844 e. The van der Waals surface area contributed by atoms with Crippen molar-refractivity contribution in [2.75, 3.05) is 0 Å². The monoisotopic (exact) mass is 146 g/mol. The molecule has 6 heteroatoms. The molecule has 0 aliphatic carbocycles. The summed E-state index contributed by atoms with van der Waals surface area (Å²) in [7, 11) is 0. The van der Waals surface area contributed by atoms with E-state index in [9.17, 15) is 5.11 Å². The average Bonchev–Trinajstić information content (AvgIpc) is 2.03. The molecular weight excluding hydrogens is 146 g/mol. The van der Waals surface area contributed by atoms with E-state index < -0.39 is 6.01 Å². The minimum atomic E-state index is -0.868. The molecule has 0 aliphatic heterocycles. The fourth-order valence-electron chi connectivity index (χ4n) is 0.457. The van der Waals surface area contributed by atoms with Crippen molar-refractivity contribution in [3.05, 3.63) is 11.6 Å². The average molecular weight is 146 g/mol. The van der Waals surface area contributed by atoms with Crippen molar-refractivity contribution in [3.8, 4) is 18.1 Å². The second-order valence-electron chi connectivity index (χ2n) is 1.49. The Hall–Kier alpha value is -2.21. The van der Waals surface area contributed by atoms with Crippen LogP contribution in [0.4, 0.5) is 0 Å². The zero-order chi connectivity index (χ0) is 8.27. The van der Waals surface area contributed by atoms with Crippen LogP contribution in [0.2, 0.25) is 0 Å². The third kappa shape index (κ3) is 1.37. The predicted octanol–water partition coefficient (Wildman–Crippen LogP) is -1.31. The van der Waals surface area contributed by atoms with E-state index >= 15 is 0 Å². The molecule has 1 rings (SSSR count). The van der Waals surface area contributed by atoms with Crippen LogP contribution in [0, 0.1) is 22.7 Å². The SMILES string of the molecule is N#Cc1nc([O-])nc(C#N)n1. The molecule has 11 heavy (non-hydrogen) atoms. The van der Waals surface area contributed by atoms with Crippen LogP contribution in [0.15, 0.2) is 0 Å². The van der Waals surface area contributed by atoms with Crippen LogP contribution >= 0.6 is 0 Å². The van der Waals surface area contributed by atoms with E-state index in [0.717, 1.165) is 0 Å². The molecule has 52 valence electrons. The maximum Gasteiger partial charge on any atom is 0.235 e. The highest BCUT2D eigenvalue weighted by molar-refractivity contribution is 5.18. The van der Waals surface area contributed by atoms with Crippen LogP contribution in [0.3, 0.4) is 0 Å². The minimum absolute atomic E-state index is 0.332. The van der Waals surface area contributed by atoms with Gasteiger partial charge < -0.3 is 5.11 Å². The number of nitriles is 2. The summed E-state index contributed by atoms with van der Waals surface area (Å²) in [6, 6.07) is 2.19. The molecule has 0 aliphatic rings. The van der Waals surface area contributed by atoms with Gasteiger partial charge in [0.25, 0.3) is 0 Å². The molecule has 0 bridgehead atoms. The van der Waals surface area contributed by atoms with E-state index in [1.807, 2.05) is 0 Å². The van der Waals surface area contributed by atoms with Gasteiger partial charge in [-0.25, -0.2) is 9.97 Å². The maximum atomic E-state index is 10.5. The van der Waals surface area contributed by atoms with Crippen molar-refractivity contribution in [1.29, 1.82) is 10.5 Å². The van der Waals surface area contributed by atoms with Crippen molar-refractivity contribution >= 4 is 0 Å². The van der Waals surface area contributed by atoms with E-state index in [1.165, 1.54) is 12.1 Å². The van der Waals surface area contributed by atoms with Gasteiger partial charge in [-0.1, -0.05) is 0 Å². The summed E-state index contributed by atoms with van der Waals surface area (Å²) in [5.41, 5.74) is 0. The Kier molecular flexibility index (Phi) is 1.62. The van der Waals surface area contributed by atoms with Crippen LogP contribution < -0.4 is 5.11 Å². The molecule has 0 aromatic carbocycles. The molecule has 0 fully saturated rings. The van der Waals surface area contributed by atoms with Gasteiger partial charge in [-0.3, -0.25) is 0 Å². The quantitative estimate of drug-likeness (QED) is 0.449. The summed E-state index contributed by atoms with van der Waals surface area (Å²) in [6.07, 6.45) is 0. The Morgan fingerprint density at radius 3 is 1.82 bits per heavy atom. The Morgan fingerprint density at radius 2 is 1.45 bits per heavy atom. The van der Waals surface area contributed by atoms with Crippen molar-refractivity contribution in [1.82, 2.24) is 15.0 Å². The zero-order valence-corrected chi connectivity index (χ0v) is 5.14. The first kappa shape index (κ1) is 6.90. The predicted molar refractivity (Wildman–Crippen MR) is 28.7 cm³/mol. The van der Waals surface area contributed by atoms with Crippen molar-refractivity contribution in [3.63, 3.8) is 0 Å². The van der Waals surface area contributed by atoms with Gasteiger partial charge in [-0.2, -0.15) is 15.5 Å². The molecule has 0 spiro atoms. The first-order chi connectivity index (χ1) is 5.26. The minimum Gasteiger partial charge on any atom is -0.844 e. The van der Waals surface area contributed by atoms with E-state index in [4.69, 9.17) is 10.5 Å². The normalized spacial score (nSPS) is 8.18. The Bertz CT molecular complexity index is 328. The smallest absolute Gasteiger partial charge is 0.235 e. The van der Waals surface area contributed by atoms with Crippen LogP contribution in [0.1, 0.15) is 11.6 Å². The van der Waals surface area contributed by atoms with Crippen molar-refractivity contribution < 1.29 is 5.11 Å². The van der Waals surface area contributed by atoms with Gasteiger partial charge in [0.1, 0.15) is 12.1 Å². The summed E-state index contributed by atoms with van der Waals surface area (Å²) in [6.45, 7) is 0. The van der Waals surface area contributed by atoms with Crippen LogP contribution in [0.5, 0.6) is 6.01 Å². The van der Waals surface area contributed by atoms with Crippen LogP contribution in [-0.2, 0) is 0 Å². The lowest BCUT2D eigenvalue weighted by Gasteiger charge is -1.99. The lowest BCUT2D eigenvalue weighted by Crippen LogP contribution is -2.04. The zero-order valence-electron chi connectivity index (χ0n) is 5.14. The molecule has 0 saturated heterocycles. The molecule has 1 aromatic rings. The summed E-state index contributed by atoms with van der Waals surface area (Å²) in [5, 5.41) is 26.9. The van der Waals surface area contributed by atoms with E-state index in [2.05, 4.69) is 15.0 Å². The highest BCUT2D eigenvalue weighted by Gasteiger charge is 1.97. The standard InChI is InChI=1S/C5HN5O/c6-1-3-8-4(2-7)10-5(11)9-3/h(H,8,9,10,11)/p-1. The molecule has 0 radical (unpaired) electrons. The van der Waals surface area contributed by atoms with Gasteiger partial charge in [0.15, 0.2) is 0 Å². The summed E-state index contributed by atoms with van der Waals surface area (Å²) < 4.78 is 0. The Labute approximate surface area is 61.4 Å². The third-order valence-electron chi connectivity index (χ3n) is 0.815. The van der Waals surface area contributed by atoms with Crippen molar-refractivity contribution in [2.24, 2.45) is 0 Å². The highest BCUT2D eigenvalue weighted by atomic mass is 16.3. The Morgan fingerprint density at radius 1 is 1.00 bits per heavy atom. The second kappa shape index (κ2) is 2.58. The summed E-state index contributed by atoms with van der Waals surface area (Å²) >= 11 is 0. The van der Waals surface area contributed by atoms with E-state index in [0.29, 0.717) is 0 Å². The Balaban J connectivity index is 3.28. The van der Waals surface area contributed by atoms with Crippen LogP contribution in [-0.4, -0.2) is 15.0 Å². The lowest BCUT2D eigenvalue weighted by atomic mass is 10.6. The fraction of sp³-hybridized carbons (Fsp3) is 0. The fourth-order valence-corrected chi connectivity index (χ4v) is 0.457. The topological polar surface area (TPSA) is 109 Å². The number of aromatic nitrogens is 3. The van der Waals surface area contributed by atoms with Gasteiger partial charge in [0.05, 0.1) is 6.01 Å². The third-order valence-corrected chi connectivity index (χ3v) is 0.815. The molecule has 0 saturated carbocycles. The molecule has 1 aromatic heterocycles. The van der Waals surface area contributed by atoms with Gasteiger partial charge in [-0.15, -0.1) is 0 Å². The summed E-state index contributed by atoms with van der Waals surface area (Å²) in [5.74, 6) is -0.664. The number of hydrogen-bond acceptors (Lipinski definition) is 6. The first-order valence-electron chi connectivity index (χ1n) is 2.49. The number of rotatable bonds is 0. The second-order valence-corrected chi connectivity index (χ2v) is 1.49. The maximum absolute atomic E-state index is 10.5. The number of nitrogens with zero attached hydrogens (tertiary/aromatic N) is 5. The molecule has 0 unspecified atom stereocenters. The summed E-state index contributed by atoms with van der Waals surface area (Å²) in [4.78, 5) is 9.55. The molecule has 1 heterocycles. The van der Waals surface area contributed by atoms with E-state index in [1.54, 1.807) is 0 Å². The van der Waals surface area contributed by atoms with Gasteiger partial charge in [0, 0.05) is 0 Å². The van der Waals surface area contributed by atoms with Crippen molar-refractivity contribution in [2.45, 2.75) is 0 Å². The number of hydrogen-bond donors (Lipinski definition) is 0. The lowest BCUT2D eigenvalue weighted by molar-refractivity contribution is -0.282. The van der Waals surface area contributed by atoms with Gasteiger partial charge in [-0.05, 0) is 0 Å². The molecule has 0 N–H and O–H groups in total. The highest BCUT2D eigenvalue weighted by Crippen LogP contribution is 1.95. The molecule has 0 amide bonds. The van der Waals surface area contributed by atoms with E-state index in [-0.39, 0.29) is 11.6 Å². The molecular formula is C5N5O-. The van der Waals surface area contributed by atoms with Gasteiger partial charge in [0.2, 0.25) is 11.6 Å². The van der Waals surface area contributed by atoms with Crippen LogP contribution in [0.25, 0.3) is 0 Å². The first-order valence-corrected chi connectivity index (χ1v) is 2.49. The molecule has 0 atom stereocenters. The molecule has 6 nitrogen and oxygen atoms in total.